The Balaban J connectivity index is 1.42. The first kappa shape index (κ1) is 20.7. The zero-order valence-corrected chi connectivity index (χ0v) is 17.3. The van der Waals surface area contributed by atoms with Crippen LogP contribution >= 0.6 is 11.6 Å². The molecule has 28 heavy (non-hydrogen) atoms. The summed E-state index contributed by atoms with van der Waals surface area (Å²) in [6.45, 7) is 6.80. The first-order chi connectivity index (χ1) is 13.6. The number of nitrogens with one attached hydrogen (secondary N) is 1. The molecule has 1 heterocycles. The van der Waals surface area contributed by atoms with Crippen molar-refractivity contribution in [2.75, 3.05) is 26.2 Å². The van der Waals surface area contributed by atoms with Gasteiger partial charge in [-0.2, -0.15) is 0 Å². The molecule has 0 bridgehead atoms. The van der Waals surface area contributed by atoms with Crippen molar-refractivity contribution in [3.8, 4) is 5.75 Å². The minimum Gasteiger partial charge on any atom is -0.489 e. The first-order valence-electron chi connectivity index (χ1n) is 10.1. The Morgan fingerprint density at radius 3 is 2.75 bits per heavy atom. The quantitative estimate of drug-likeness (QED) is 0.649. The third-order valence-electron chi connectivity index (χ3n) is 5.26. The molecule has 1 aliphatic rings. The van der Waals surface area contributed by atoms with E-state index in [-0.39, 0.29) is 5.91 Å². The van der Waals surface area contributed by atoms with Gasteiger partial charge in [0, 0.05) is 22.7 Å². The maximum atomic E-state index is 12.4. The molecule has 4 nitrogen and oxygen atoms in total. The average Bonchev–Trinajstić information content (AvgIpc) is 2.72. The molecule has 1 saturated heterocycles. The van der Waals surface area contributed by atoms with Crippen molar-refractivity contribution in [3.05, 3.63) is 64.7 Å². The summed E-state index contributed by atoms with van der Waals surface area (Å²) in [5, 5.41) is 3.70. The molecule has 1 fully saturated rings. The number of rotatable bonds is 8. The van der Waals surface area contributed by atoms with Crippen molar-refractivity contribution in [3.63, 3.8) is 0 Å². The number of likely N-dealkylation sites (tertiary alicyclic amines) is 1. The molecule has 1 amide bonds. The van der Waals surface area contributed by atoms with Crippen LogP contribution < -0.4 is 10.1 Å². The fourth-order valence-electron chi connectivity index (χ4n) is 3.40. The highest BCUT2D eigenvalue weighted by molar-refractivity contribution is 6.31. The van der Waals surface area contributed by atoms with E-state index in [9.17, 15) is 4.79 Å². The van der Waals surface area contributed by atoms with Gasteiger partial charge in [-0.3, -0.25) is 4.79 Å². The van der Waals surface area contributed by atoms with Gasteiger partial charge in [-0.1, -0.05) is 42.8 Å². The molecule has 2 aromatic rings. The van der Waals surface area contributed by atoms with E-state index in [4.69, 9.17) is 16.3 Å². The Morgan fingerprint density at radius 1 is 1.18 bits per heavy atom. The monoisotopic (exact) mass is 400 g/mol. The van der Waals surface area contributed by atoms with E-state index in [1.54, 1.807) is 6.07 Å². The topological polar surface area (TPSA) is 41.6 Å². The van der Waals surface area contributed by atoms with Crippen LogP contribution in [0.25, 0.3) is 0 Å². The van der Waals surface area contributed by atoms with Crippen molar-refractivity contribution >= 4 is 17.5 Å². The van der Waals surface area contributed by atoms with E-state index in [0.29, 0.717) is 29.5 Å². The molecule has 2 aromatic carbocycles. The average molecular weight is 401 g/mol. The summed E-state index contributed by atoms with van der Waals surface area (Å²) >= 11 is 6.16. The Kier molecular flexibility index (Phi) is 7.75. The van der Waals surface area contributed by atoms with Crippen LogP contribution in [-0.4, -0.2) is 37.0 Å². The van der Waals surface area contributed by atoms with Crippen LogP contribution in [0.1, 0.15) is 42.1 Å². The number of ether oxygens (including phenoxy) is 1. The molecule has 5 heteroatoms. The second kappa shape index (κ2) is 10.5. The Labute approximate surface area is 172 Å². The molecule has 0 radical (unpaired) electrons. The molecule has 1 aliphatic heterocycles. The van der Waals surface area contributed by atoms with Crippen LogP contribution in [-0.2, 0) is 6.61 Å². The smallest absolute Gasteiger partial charge is 0.251 e. The van der Waals surface area contributed by atoms with Crippen LogP contribution in [0.3, 0.4) is 0 Å². The molecule has 0 aromatic heterocycles. The lowest BCUT2D eigenvalue weighted by Crippen LogP contribution is -2.35. The predicted molar refractivity (Wildman–Crippen MR) is 114 cm³/mol. The van der Waals surface area contributed by atoms with Crippen molar-refractivity contribution < 1.29 is 9.53 Å². The number of hydrogen-bond donors (Lipinski definition) is 1. The second-order valence-corrected chi connectivity index (χ2v) is 7.95. The first-order valence-corrected chi connectivity index (χ1v) is 10.5. The van der Waals surface area contributed by atoms with Gasteiger partial charge in [0.15, 0.2) is 0 Å². The SMILES string of the molecule is CC1CCN(CCCNC(=O)c2cccc(OCc3ccccc3Cl)c2)CC1. The van der Waals surface area contributed by atoms with E-state index >= 15 is 0 Å². The van der Waals surface area contributed by atoms with E-state index in [1.807, 2.05) is 42.5 Å². The zero-order chi connectivity index (χ0) is 19.8. The summed E-state index contributed by atoms with van der Waals surface area (Å²) in [7, 11) is 0. The number of carbonyl (C=O) groups is 1. The number of piperidine rings is 1. The van der Waals surface area contributed by atoms with Gasteiger partial charge in [0.25, 0.3) is 5.91 Å². The number of amides is 1. The van der Waals surface area contributed by atoms with Crippen LogP contribution in [0.15, 0.2) is 48.5 Å². The zero-order valence-electron chi connectivity index (χ0n) is 16.5. The normalized spacial score (nSPS) is 15.4. The van der Waals surface area contributed by atoms with Gasteiger partial charge in [0.2, 0.25) is 0 Å². The number of carbonyl (C=O) groups excluding carboxylic acids is 1. The Hall–Kier alpha value is -2.04. The molecule has 150 valence electrons. The van der Waals surface area contributed by atoms with Crippen LogP contribution in [0, 0.1) is 5.92 Å². The minimum absolute atomic E-state index is 0.0598. The highest BCUT2D eigenvalue weighted by Crippen LogP contribution is 2.19. The molecule has 0 atom stereocenters. The molecule has 0 aliphatic carbocycles. The fourth-order valence-corrected chi connectivity index (χ4v) is 3.59. The van der Waals surface area contributed by atoms with Gasteiger partial charge in [-0.25, -0.2) is 0 Å². The molecule has 3 rings (SSSR count). The summed E-state index contributed by atoms with van der Waals surface area (Å²) in [6.07, 6.45) is 3.55. The van der Waals surface area contributed by atoms with E-state index in [1.165, 1.54) is 25.9 Å². The maximum Gasteiger partial charge on any atom is 0.251 e. The lowest BCUT2D eigenvalue weighted by molar-refractivity contribution is 0.0950. The summed E-state index contributed by atoms with van der Waals surface area (Å²) in [4.78, 5) is 14.9. The summed E-state index contributed by atoms with van der Waals surface area (Å²) < 4.78 is 5.81. The summed E-state index contributed by atoms with van der Waals surface area (Å²) in [6, 6.07) is 14.9. The third-order valence-corrected chi connectivity index (χ3v) is 5.63. The minimum atomic E-state index is -0.0598. The molecular formula is C23H29ClN2O2. The van der Waals surface area contributed by atoms with Crippen molar-refractivity contribution in [1.82, 2.24) is 10.2 Å². The summed E-state index contributed by atoms with van der Waals surface area (Å²) in [5.41, 5.74) is 1.54. The lowest BCUT2D eigenvalue weighted by atomic mass is 9.99. The molecule has 0 unspecified atom stereocenters. The van der Waals surface area contributed by atoms with Crippen molar-refractivity contribution in [2.24, 2.45) is 5.92 Å². The van der Waals surface area contributed by atoms with Gasteiger partial charge in [-0.15, -0.1) is 0 Å². The highest BCUT2D eigenvalue weighted by Gasteiger charge is 2.15. The second-order valence-electron chi connectivity index (χ2n) is 7.54. The number of benzene rings is 2. The van der Waals surface area contributed by atoms with Crippen molar-refractivity contribution in [1.29, 1.82) is 0 Å². The largest absolute Gasteiger partial charge is 0.489 e. The van der Waals surface area contributed by atoms with Gasteiger partial charge in [0.05, 0.1) is 0 Å². The van der Waals surface area contributed by atoms with E-state index in [0.717, 1.165) is 24.4 Å². The molecule has 1 N–H and O–H groups in total. The third kappa shape index (κ3) is 6.25. The summed E-state index contributed by atoms with van der Waals surface area (Å²) in [5.74, 6) is 1.45. The number of hydrogen-bond acceptors (Lipinski definition) is 3. The Bertz CT molecular complexity index is 773. The van der Waals surface area contributed by atoms with Crippen LogP contribution in [0.5, 0.6) is 5.75 Å². The number of halogens is 1. The number of nitrogens with zero attached hydrogens (tertiary/aromatic N) is 1. The standard InChI is InChI=1S/C23H29ClN2O2/c1-18-10-14-26(15-11-18)13-5-12-25-23(27)19-7-4-8-21(16-19)28-17-20-6-2-3-9-22(20)24/h2-4,6-9,16,18H,5,10-15,17H2,1H3,(H,25,27). The maximum absolute atomic E-state index is 12.4. The molecule has 0 saturated carbocycles. The Morgan fingerprint density at radius 2 is 1.96 bits per heavy atom. The predicted octanol–water partition coefficient (Wildman–Crippen LogP) is 4.77. The van der Waals surface area contributed by atoms with Crippen LogP contribution in [0.4, 0.5) is 0 Å². The fraction of sp³-hybridized carbons (Fsp3) is 0.435. The van der Waals surface area contributed by atoms with Gasteiger partial charge >= 0.3 is 0 Å². The van der Waals surface area contributed by atoms with Gasteiger partial charge in [-0.05, 0) is 69.1 Å². The van der Waals surface area contributed by atoms with Gasteiger partial charge in [0.1, 0.15) is 12.4 Å². The van der Waals surface area contributed by atoms with Crippen molar-refractivity contribution in [2.45, 2.75) is 32.8 Å². The molecular weight excluding hydrogens is 372 g/mol. The van der Waals surface area contributed by atoms with E-state index < -0.39 is 0 Å². The molecule has 0 spiro atoms. The van der Waals surface area contributed by atoms with E-state index in [2.05, 4.69) is 17.1 Å². The lowest BCUT2D eigenvalue weighted by Gasteiger charge is -2.30. The highest BCUT2D eigenvalue weighted by atomic mass is 35.5. The van der Waals surface area contributed by atoms with Gasteiger partial charge < -0.3 is 15.0 Å². The van der Waals surface area contributed by atoms with Crippen LogP contribution in [0.2, 0.25) is 5.02 Å².